The molecular weight excluding hydrogens is 476 g/mol. The van der Waals surface area contributed by atoms with Crippen molar-refractivity contribution in [1.29, 1.82) is 0 Å². The highest BCUT2D eigenvalue weighted by atomic mass is 79.9. The summed E-state index contributed by atoms with van der Waals surface area (Å²) in [6.07, 6.45) is 1.35. The Labute approximate surface area is 182 Å². The maximum atomic E-state index is 12.7. The Kier molecular flexibility index (Phi) is 7.08. The number of carbonyl (C=O) groups is 1. The van der Waals surface area contributed by atoms with Crippen LogP contribution >= 0.6 is 15.9 Å². The molecule has 0 spiro atoms. The molecule has 3 rings (SSSR count). The monoisotopic (exact) mass is 496 g/mol. The van der Waals surface area contributed by atoms with E-state index in [9.17, 15) is 23.4 Å². The maximum absolute atomic E-state index is 12.7. The van der Waals surface area contributed by atoms with Crippen molar-refractivity contribution in [3.63, 3.8) is 0 Å². The van der Waals surface area contributed by atoms with Crippen molar-refractivity contribution >= 4 is 38.1 Å². The number of hydrogen-bond acceptors (Lipinski definition) is 7. The van der Waals surface area contributed by atoms with Crippen molar-refractivity contribution in [1.82, 2.24) is 14.6 Å². The van der Waals surface area contributed by atoms with Crippen molar-refractivity contribution in [2.75, 3.05) is 32.7 Å². The van der Waals surface area contributed by atoms with Crippen molar-refractivity contribution in [3.05, 3.63) is 52.5 Å². The number of hydrazone groups is 1. The summed E-state index contributed by atoms with van der Waals surface area (Å²) >= 11 is 3.29. The molecule has 0 unspecified atom stereocenters. The van der Waals surface area contributed by atoms with Crippen LogP contribution < -0.4 is 5.43 Å². The summed E-state index contributed by atoms with van der Waals surface area (Å²) in [6, 6.07) is 10.7. The second-order valence-electron chi connectivity index (χ2n) is 6.68. The van der Waals surface area contributed by atoms with Crippen molar-refractivity contribution in [2.24, 2.45) is 5.10 Å². The average Bonchev–Trinajstić information content (AvgIpc) is 2.71. The first kappa shape index (κ1) is 22.2. The molecule has 1 fully saturated rings. The lowest BCUT2D eigenvalue weighted by atomic mass is 10.2. The lowest BCUT2D eigenvalue weighted by Gasteiger charge is -2.33. The zero-order valence-corrected chi connectivity index (χ0v) is 18.3. The Balaban J connectivity index is 1.48. The van der Waals surface area contributed by atoms with E-state index in [1.165, 1.54) is 28.7 Å². The van der Waals surface area contributed by atoms with Crippen LogP contribution in [0.15, 0.2) is 56.9 Å². The molecule has 9 nitrogen and oxygen atoms in total. The van der Waals surface area contributed by atoms with Crippen LogP contribution in [0.4, 0.5) is 0 Å². The summed E-state index contributed by atoms with van der Waals surface area (Å²) in [5.41, 5.74) is 2.90. The van der Waals surface area contributed by atoms with Gasteiger partial charge in [0, 0.05) is 30.7 Å². The standard InChI is InChI=1S/C19H21BrN4O5S/c20-15-2-4-16(5-3-15)30(28,29)24-9-7-23(8-10-24)13-19(27)22-21-12-14-1-6-17(25)18(26)11-14/h1-6,11-12,25-26H,7-10,13H2,(H,22,27). The van der Waals surface area contributed by atoms with Crippen LogP contribution in [0.5, 0.6) is 11.5 Å². The molecule has 0 aromatic heterocycles. The number of halogens is 1. The number of carbonyl (C=O) groups excluding carboxylic acids is 1. The first-order valence-electron chi connectivity index (χ1n) is 9.07. The van der Waals surface area contributed by atoms with Gasteiger partial charge in [-0.25, -0.2) is 13.8 Å². The van der Waals surface area contributed by atoms with E-state index in [0.29, 0.717) is 31.7 Å². The molecule has 1 saturated heterocycles. The Morgan fingerprint density at radius 3 is 2.37 bits per heavy atom. The SMILES string of the molecule is O=C(CN1CCN(S(=O)(=O)c2ccc(Br)cc2)CC1)NN=Cc1ccc(O)c(O)c1. The Hall–Kier alpha value is -2.47. The molecule has 160 valence electrons. The molecule has 0 atom stereocenters. The van der Waals surface area contributed by atoms with E-state index < -0.39 is 10.0 Å². The fourth-order valence-corrected chi connectivity index (χ4v) is 4.61. The minimum absolute atomic E-state index is 0.0876. The molecule has 0 saturated carbocycles. The van der Waals surface area contributed by atoms with E-state index in [0.717, 1.165) is 4.47 Å². The van der Waals surface area contributed by atoms with Gasteiger partial charge in [-0.2, -0.15) is 9.41 Å². The molecule has 2 aromatic rings. The lowest BCUT2D eigenvalue weighted by Crippen LogP contribution is -2.50. The molecule has 11 heteroatoms. The summed E-state index contributed by atoms with van der Waals surface area (Å²) in [6.45, 7) is 1.53. The quantitative estimate of drug-likeness (QED) is 0.314. The largest absolute Gasteiger partial charge is 0.504 e. The van der Waals surface area contributed by atoms with Gasteiger partial charge in [-0.05, 0) is 48.0 Å². The van der Waals surface area contributed by atoms with Crippen molar-refractivity contribution < 1.29 is 23.4 Å². The zero-order valence-electron chi connectivity index (χ0n) is 15.9. The number of nitrogens with zero attached hydrogens (tertiary/aromatic N) is 3. The van der Waals surface area contributed by atoms with Crippen molar-refractivity contribution in [2.45, 2.75) is 4.90 Å². The number of phenolic OH excluding ortho intramolecular Hbond substituents is 2. The molecule has 1 heterocycles. The van der Waals surface area contributed by atoms with E-state index >= 15 is 0 Å². The fourth-order valence-electron chi connectivity index (χ4n) is 2.92. The zero-order chi connectivity index (χ0) is 21.7. The molecular formula is C19H21BrN4O5S. The van der Waals surface area contributed by atoms with E-state index in [4.69, 9.17) is 0 Å². The smallest absolute Gasteiger partial charge is 0.254 e. The second-order valence-corrected chi connectivity index (χ2v) is 9.53. The van der Waals surface area contributed by atoms with E-state index in [2.05, 4.69) is 26.5 Å². The maximum Gasteiger partial charge on any atom is 0.254 e. The summed E-state index contributed by atoms with van der Waals surface area (Å²) in [7, 11) is -3.56. The van der Waals surface area contributed by atoms with Gasteiger partial charge >= 0.3 is 0 Å². The van der Waals surface area contributed by atoms with Gasteiger partial charge in [-0.1, -0.05) is 15.9 Å². The van der Waals surface area contributed by atoms with Crippen LogP contribution in [0.2, 0.25) is 0 Å². The number of nitrogens with one attached hydrogen (secondary N) is 1. The van der Waals surface area contributed by atoms with E-state index in [1.807, 2.05) is 4.90 Å². The Bertz CT molecular complexity index is 1040. The third kappa shape index (κ3) is 5.57. The van der Waals surface area contributed by atoms with E-state index in [-0.39, 0.29) is 28.8 Å². The fraction of sp³-hybridized carbons (Fsp3) is 0.263. The highest BCUT2D eigenvalue weighted by Crippen LogP contribution is 2.24. The lowest BCUT2D eigenvalue weighted by molar-refractivity contribution is -0.122. The van der Waals surface area contributed by atoms with Gasteiger partial charge in [0.2, 0.25) is 10.0 Å². The highest BCUT2D eigenvalue weighted by molar-refractivity contribution is 9.10. The number of rotatable bonds is 6. The van der Waals surface area contributed by atoms with Gasteiger partial charge in [0.05, 0.1) is 17.7 Å². The minimum Gasteiger partial charge on any atom is -0.504 e. The van der Waals surface area contributed by atoms with Crippen LogP contribution in [0.25, 0.3) is 0 Å². The summed E-state index contributed by atoms with van der Waals surface area (Å²) in [4.78, 5) is 14.2. The van der Waals surface area contributed by atoms with Gasteiger partial charge in [0.15, 0.2) is 11.5 Å². The van der Waals surface area contributed by atoms with E-state index in [1.54, 1.807) is 24.3 Å². The highest BCUT2D eigenvalue weighted by Gasteiger charge is 2.28. The third-order valence-corrected chi connectivity index (χ3v) is 6.99. The van der Waals surface area contributed by atoms with Gasteiger partial charge in [0.1, 0.15) is 0 Å². The van der Waals surface area contributed by atoms with Gasteiger partial charge in [-0.15, -0.1) is 0 Å². The minimum atomic E-state index is -3.56. The molecule has 0 radical (unpaired) electrons. The van der Waals surface area contributed by atoms with Crippen LogP contribution in [0, 0.1) is 0 Å². The van der Waals surface area contributed by atoms with Crippen LogP contribution in [-0.2, 0) is 14.8 Å². The molecule has 3 N–H and O–H groups in total. The molecule has 0 aliphatic carbocycles. The Morgan fingerprint density at radius 2 is 1.73 bits per heavy atom. The number of phenols is 2. The number of piperazine rings is 1. The number of amides is 1. The van der Waals surface area contributed by atoms with Gasteiger partial charge < -0.3 is 10.2 Å². The molecule has 1 aliphatic heterocycles. The number of benzene rings is 2. The predicted molar refractivity (Wildman–Crippen MR) is 115 cm³/mol. The molecule has 0 bridgehead atoms. The van der Waals surface area contributed by atoms with Gasteiger partial charge in [0.25, 0.3) is 5.91 Å². The number of sulfonamides is 1. The molecule has 1 aliphatic rings. The van der Waals surface area contributed by atoms with Crippen LogP contribution in [0.3, 0.4) is 0 Å². The number of aromatic hydroxyl groups is 2. The summed E-state index contributed by atoms with van der Waals surface area (Å²) in [5, 5.41) is 22.5. The second kappa shape index (κ2) is 9.56. The number of hydrogen-bond donors (Lipinski definition) is 3. The van der Waals surface area contributed by atoms with Gasteiger partial charge in [-0.3, -0.25) is 9.69 Å². The third-order valence-electron chi connectivity index (χ3n) is 4.55. The first-order chi connectivity index (χ1) is 14.3. The molecule has 1 amide bonds. The first-order valence-corrected chi connectivity index (χ1v) is 11.3. The summed E-state index contributed by atoms with van der Waals surface area (Å²) < 4.78 is 27.6. The Morgan fingerprint density at radius 1 is 1.07 bits per heavy atom. The molecule has 30 heavy (non-hydrogen) atoms. The average molecular weight is 497 g/mol. The predicted octanol–water partition coefficient (Wildman–Crippen LogP) is 1.32. The topological polar surface area (TPSA) is 123 Å². The van der Waals surface area contributed by atoms with Crippen LogP contribution in [-0.4, -0.2) is 72.7 Å². The summed E-state index contributed by atoms with van der Waals surface area (Å²) in [5.74, 6) is -0.850. The van der Waals surface area contributed by atoms with Crippen LogP contribution in [0.1, 0.15) is 5.56 Å². The molecule has 2 aromatic carbocycles. The van der Waals surface area contributed by atoms with Crippen molar-refractivity contribution in [3.8, 4) is 11.5 Å². The normalized spacial score (nSPS) is 16.0.